The lowest BCUT2D eigenvalue weighted by Crippen LogP contribution is -2.49. The third kappa shape index (κ3) is 2.04. The van der Waals surface area contributed by atoms with Crippen LogP contribution in [0.4, 0.5) is 0 Å². The van der Waals surface area contributed by atoms with E-state index in [9.17, 15) is 15.2 Å². The number of rotatable bonds is 2. The summed E-state index contributed by atoms with van der Waals surface area (Å²) in [7, 11) is 0. The van der Waals surface area contributed by atoms with Crippen LogP contribution in [0.3, 0.4) is 0 Å². The normalized spacial score (nSPS) is 42.5. The minimum atomic E-state index is -0.455. The van der Waals surface area contributed by atoms with E-state index in [4.69, 9.17) is 0 Å². The molecule has 0 aromatic rings. The Morgan fingerprint density at radius 1 is 1.56 bits per heavy atom. The number of nitrogens with one attached hydrogen (secondary N) is 1. The van der Waals surface area contributed by atoms with Crippen LogP contribution in [-0.2, 0) is 0 Å². The molecule has 5 heteroatoms. The largest absolute Gasteiger partial charge is 0.389 e. The summed E-state index contributed by atoms with van der Waals surface area (Å²) in [5, 5.41) is 19.9. The van der Waals surface area contributed by atoms with E-state index < -0.39 is 5.03 Å². The Labute approximate surface area is 94.7 Å². The summed E-state index contributed by atoms with van der Waals surface area (Å²) in [5.74, 6) is 0.252. The summed E-state index contributed by atoms with van der Waals surface area (Å²) in [5.41, 5.74) is 2.37. The molecule has 0 aromatic heterocycles. The minimum Gasteiger partial charge on any atom is -0.389 e. The molecule has 5 nitrogen and oxygen atoms in total. The second-order valence-electron chi connectivity index (χ2n) is 5.25. The fraction of sp³-hybridized carbons (Fsp3) is 0.818. The predicted octanol–water partition coefficient (Wildman–Crippen LogP) is 1.26. The van der Waals surface area contributed by atoms with Gasteiger partial charge in [0.1, 0.15) is 0 Å². The fourth-order valence-corrected chi connectivity index (χ4v) is 3.23. The van der Waals surface area contributed by atoms with Gasteiger partial charge in [-0.15, -0.1) is 5.43 Å². The molecule has 1 fully saturated rings. The highest BCUT2D eigenvalue weighted by Crippen LogP contribution is 2.47. The van der Waals surface area contributed by atoms with Gasteiger partial charge in [0.05, 0.1) is 12.1 Å². The monoisotopic (exact) mass is 226 g/mol. The first-order chi connectivity index (χ1) is 7.51. The van der Waals surface area contributed by atoms with Gasteiger partial charge >= 0.3 is 0 Å². The van der Waals surface area contributed by atoms with Crippen molar-refractivity contribution in [1.29, 1.82) is 0 Å². The molecule has 16 heavy (non-hydrogen) atoms. The van der Waals surface area contributed by atoms with Crippen LogP contribution >= 0.6 is 0 Å². The Hall–Kier alpha value is -1.10. The number of hydrogen-bond acceptors (Lipinski definition) is 3. The zero-order valence-electron chi connectivity index (χ0n) is 9.43. The van der Waals surface area contributed by atoms with Crippen molar-refractivity contribution >= 4 is 0 Å². The van der Waals surface area contributed by atoms with Crippen LogP contribution in [-0.4, -0.2) is 22.3 Å². The van der Waals surface area contributed by atoms with Gasteiger partial charge < -0.3 is 5.11 Å². The molecule has 2 N–H and O–H groups in total. The molecule has 0 spiro atoms. The van der Waals surface area contributed by atoms with Crippen molar-refractivity contribution in [3.63, 3.8) is 0 Å². The van der Waals surface area contributed by atoms with Crippen LogP contribution in [0.5, 0.6) is 0 Å². The first-order valence-electron chi connectivity index (χ1n) is 5.76. The van der Waals surface area contributed by atoms with Crippen molar-refractivity contribution < 1.29 is 10.1 Å². The topological polar surface area (TPSA) is 75.4 Å². The third-order valence-electron chi connectivity index (χ3n) is 4.05. The van der Waals surface area contributed by atoms with Gasteiger partial charge in [-0.05, 0) is 37.0 Å². The fourth-order valence-electron chi connectivity index (χ4n) is 3.23. The van der Waals surface area contributed by atoms with Gasteiger partial charge in [0, 0.05) is 0 Å². The van der Waals surface area contributed by atoms with E-state index in [1.54, 1.807) is 0 Å². The van der Waals surface area contributed by atoms with Crippen molar-refractivity contribution in [2.45, 2.75) is 44.8 Å². The standard InChI is InChI=1S/C11H18N2O3/c1-11-6-2-3-10(14)9(11)5-4-8(7-11)12-13(15)16/h2-3,8-10,12,14H,4-7H2,1H3/t8-,9?,10?,11?/m1/s1. The minimum absolute atomic E-state index is 0.0000926. The van der Waals surface area contributed by atoms with Crippen LogP contribution in [0.15, 0.2) is 12.2 Å². The summed E-state index contributed by atoms with van der Waals surface area (Å²) >= 11 is 0. The lowest BCUT2D eigenvalue weighted by Gasteiger charge is -2.47. The highest BCUT2D eigenvalue weighted by molar-refractivity contribution is 5.08. The maximum absolute atomic E-state index is 10.4. The molecule has 0 amide bonds. The molecular formula is C11H18N2O3. The van der Waals surface area contributed by atoms with E-state index in [-0.39, 0.29) is 23.5 Å². The molecule has 2 aliphatic carbocycles. The second kappa shape index (κ2) is 4.05. The number of hydrazine groups is 1. The Morgan fingerprint density at radius 2 is 2.31 bits per heavy atom. The van der Waals surface area contributed by atoms with E-state index in [0.29, 0.717) is 0 Å². The Balaban J connectivity index is 2.07. The highest BCUT2D eigenvalue weighted by atomic mass is 16.7. The van der Waals surface area contributed by atoms with E-state index in [2.05, 4.69) is 12.3 Å². The Kier molecular flexibility index (Phi) is 2.88. The van der Waals surface area contributed by atoms with Gasteiger partial charge in [0.25, 0.3) is 0 Å². The summed E-state index contributed by atoms with van der Waals surface area (Å²) in [6.45, 7) is 2.12. The molecule has 2 aliphatic rings. The number of aliphatic hydroxyl groups is 1. The smallest absolute Gasteiger partial charge is 0.157 e. The van der Waals surface area contributed by atoms with E-state index >= 15 is 0 Å². The van der Waals surface area contributed by atoms with Crippen LogP contribution in [0.25, 0.3) is 0 Å². The molecule has 0 aromatic carbocycles. The lowest BCUT2D eigenvalue weighted by molar-refractivity contribution is -0.552. The van der Waals surface area contributed by atoms with Gasteiger partial charge in [-0.1, -0.05) is 19.1 Å². The predicted molar refractivity (Wildman–Crippen MR) is 59.1 cm³/mol. The number of fused-ring (bicyclic) bond motifs is 1. The van der Waals surface area contributed by atoms with E-state index in [0.717, 1.165) is 25.7 Å². The molecule has 0 saturated heterocycles. The molecule has 2 rings (SSSR count). The molecule has 0 heterocycles. The molecule has 0 radical (unpaired) electrons. The molecule has 3 unspecified atom stereocenters. The molecule has 4 atom stereocenters. The van der Waals surface area contributed by atoms with Crippen molar-refractivity contribution in [2.24, 2.45) is 11.3 Å². The van der Waals surface area contributed by atoms with Crippen LogP contribution in [0, 0.1) is 21.4 Å². The zero-order valence-corrected chi connectivity index (χ0v) is 9.43. The molecule has 1 saturated carbocycles. The van der Waals surface area contributed by atoms with Crippen molar-refractivity contribution in [2.75, 3.05) is 0 Å². The van der Waals surface area contributed by atoms with Crippen molar-refractivity contribution in [3.8, 4) is 0 Å². The zero-order chi connectivity index (χ0) is 11.8. The number of allylic oxidation sites excluding steroid dienone is 1. The Bertz CT molecular complexity index is 318. The molecular weight excluding hydrogens is 208 g/mol. The van der Waals surface area contributed by atoms with Crippen LogP contribution in [0.2, 0.25) is 0 Å². The summed E-state index contributed by atoms with van der Waals surface area (Å²) in [6, 6.07) is -0.0602. The SMILES string of the molecule is CC12CC=CC(O)C1CC[C@@H](N[N+](=O)[O-])C2. The number of hydrogen-bond donors (Lipinski definition) is 2. The van der Waals surface area contributed by atoms with Gasteiger partial charge in [-0.2, -0.15) is 0 Å². The van der Waals surface area contributed by atoms with Gasteiger partial charge in [-0.3, -0.25) is 0 Å². The first-order valence-corrected chi connectivity index (χ1v) is 5.76. The third-order valence-corrected chi connectivity index (χ3v) is 4.05. The van der Waals surface area contributed by atoms with Crippen molar-refractivity contribution in [1.82, 2.24) is 5.43 Å². The lowest BCUT2D eigenvalue weighted by atomic mass is 9.60. The maximum Gasteiger partial charge on any atom is 0.157 e. The summed E-state index contributed by atoms with van der Waals surface area (Å²) < 4.78 is 0. The first kappa shape index (κ1) is 11.4. The quantitative estimate of drug-likeness (QED) is 0.422. The summed E-state index contributed by atoms with van der Waals surface area (Å²) in [4.78, 5) is 10.4. The van der Waals surface area contributed by atoms with Gasteiger partial charge in [-0.25, -0.2) is 10.1 Å². The van der Waals surface area contributed by atoms with Crippen molar-refractivity contribution in [3.05, 3.63) is 22.3 Å². The average molecular weight is 226 g/mol. The summed E-state index contributed by atoms with van der Waals surface area (Å²) in [6.07, 6.45) is 6.77. The van der Waals surface area contributed by atoms with E-state index in [1.807, 2.05) is 12.2 Å². The average Bonchev–Trinajstić information content (AvgIpc) is 2.15. The second-order valence-corrected chi connectivity index (χ2v) is 5.25. The maximum atomic E-state index is 10.4. The van der Waals surface area contributed by atoms with E-state index in [1.165, 1.54) is 0 Å². The number of nitro groups is 1. The highest BCUT2D eigenvalue weighted by Gasteiger charge is 2.44. The van der Waals surface area contributed by atoms with Gasteiger partial charge in [0.2, 0.25) is 0 Å². The molecule has 0 aliphatic heterocycles. The van der Waals surface area contributed by atoms with Gasteiger partial charge in [0.15, 0.2) is 5.03 Å². The number of nitrogens with zero attached hydrogens (tertiary/aromatic N) is 1. The molecule has 0 bridgehead atoms. The number of aliphatic hydroxyl groups excluding tert-OH is 1. The van der Waals surface area contributed by atoms with Crippen LogP contribution in [0.1, 0.15) is 32.6 Å². The molecule has 90 valence electrons. The Morgan fingerprint density at radius 3 is 3.00 bits per heavy atom. The van der Waals surface area contributed by atoms with Crippen LogP contribution < -0.4 is 5.43 Å².